The first-order valence-electron chi connectivity index (χ1n) is 11.5. The van der Waals surface area contributed by atoms with Crippen LogP contribution in [-0.4, -0.2) is 32.4 Å². The Morgan fingerprint density at radius 2 is 1.71 bits per heavy atom. The van der Waals surface area contributed by atoms with Gasteiger partial charge in [0, 0.05) is 37.1 Å². The SMILES string of the molecule is C[C@H](c1ccccc1)N(CCc1nc(-c2cccc([N+](=O)[O-])c2)no1)C(=O)CCc1ccccc1. The van der Waals surface area contributed by atoms with Crippen molar-refractivity contribution in [3.05, 3.63) is 112 Å². The molecule has 1 heterocycles. The van der Waals surface area contributed by atoms with Gasteiger partial charge in [0.1, 0.15) is 0 Å². The molecule has 8 nitrogen and oxygen atoms in total. The van der Waals surface area contributed by atoms with Gasteiger partial charge in [0.2, 0.25) is 17.6 Å². The quantitative estimate of drug-likeness (QED) is 0.227. The summed E-state index contributed by atoms with van der Waals surface area (Å²) < 4.78 is 5.40. The lowest BCUT2D eigenvalue weighted by atomic mass is 10.0. The van der Waals surface area contributed by atoms with Gasteiger partial charge in [-0.2, -0.15) is 4.98 Å². The lowest BCUT2D eigenvalue weighted by molar-refractivity contribution is -0.384. The fraction of sp³-hybridized carbons (Fsp3) is 0.222. The van der Waals surface area contributed by atoms with Crippen molar-refractivity contribution in [3.63, 3.8) is 0 Å². The lowest BCUT2D eigenvalue weighted by Gasteiger charge is -2.29. The topological polar surface area (TPSA) is 102 Å². The number of aryl methyl sites for hydroxylation is 1. The number of hydrogen-bond donors (Lipinski definition) is 0. The molecule has 1 atom stereocenters. The lowest BCUT2D eigenvalue weighted by Crippen LogP contribution is -2.35. The number of nitro benzene ring substituents is 1. The molecule has 8 heteroatoms. The molecule has 1 amide bonds. The van der Waals surface area contributed by atoms with Crippen LogP contribution in [-0.2, 0) is 17.6 Å². The second-order valence-electron chi connectivity index (χ2n) is 8.23. The first-order valence-corrected chi connectivity index (χ1v) is 11.5. The molecule has 0 saturated heterocycles. The van der Waals surface area contributed by atoms with Crippen molar-refractivity contribution in [1.82, 2.24) is 15.0 Å². The third-order valence-corrected chi connectivity index (χ3v) is 5.89. The molecule has 4 aromatic rings. The minimum atomic E-state index is -0.464. The normalized spacial score (nSPS) is 11.7. The van der Waals surface area contributed by atoms with Crippen LogP contribution in [0.1, 0.15) is 36.4 Å². The van der Waals surface area contributed by atoms with E-state index in [-0.39, 0.29) is 23.5 Å². The Bertz CT molecular complexity index is 1270. The van der Waals surface area contributed by atoms with Gasteiger partial charge in [-0.25, -0.2) is 0 Å². The third kappa shape index (κ3) is 6.17. The van der Waals surface area contributed by atoms with Crippen LogP contribution in [0.3, 0.4) is 0 Å². The Balaban J connectivity index is 1.47. The fourth-order valence-electron chi connectivity index (χ4n) is 3.93. The average molecular weight is 471 g/mol. The van der Waals surface area contributed by atoms with Crippen molar-refractivity contribution < 1.29 is 14.2 Å². The summed E-state index contributed by atoms with van der Waals surface area (Å²) in [6.45, 7) is 2.42. The van der Waals surface area contributed by atoms with Crippen LogP contribution in [0.4, 0.5) is 5.69 Å². The predicted molar refractivity (Wildman–Crippen MR) is 131 cm³/mol. The minimum Gasteiger partial charge on any atom is -0.339 e. The number of amides is 1. The smallest absolute Gasteiger partial charge is 0.270 e. The number of nitro groups is 1. The third-order valence-electron chi connectivity index (χ3n) is 5.89. The number of carbonyl (C=O) groups is 1. The molecular formula is C27H26N4O4. The number of carbonyl (C=O) groups excluding carboxylic acids is 1. The Labute approximate surface area is 203 Å². The van der Waals surface area contributed by atoms with Crippen LogP contribution >= 0.6 is 0 Å². The van der Waals surface area contributed by atoms with Crippen molar-refractivity contribution in [2.75, 3.05) is 6.54 Å². The molecule has 0 aliphatic carbocycles. The van der Waals surface area contributed by atoms with Gasteiger partial charge in [-0.3, -0.25) is 14.9 Å². The van der Waals surface area contributed by atoms with Crippen LogP contribution in [0.5, 0.6) is 0 Å². The Kier molecular flexibility index (Phi) is 7.62. The number of non-ortho nitro benzene ring substituents is 1. The van der Waals surface area contributed by atoms with Gasteiger partial charge in [0.25, 0.3) is 5.69 Å². The van der Waals surface area contributed by atoms with Crippen LogP contribution in [0.25, 0.3) is 11.4 Å². The Morgan fingerprint density at radius 1 is 1.00 bits per heavy atom. The first-order chi connectivity index (χ1) is 17.0. The van der Waals surface area contributed by atoms with Crippen molar-refractivity contribution >= 4 is 11.6 Å². The van der Waals surface area contributed by atoms with Gasteiger partial charge < -0.3 is 9.42 Å². The van der Waals surface area contributed by atoms with E-state index in [1.165, 1.54) is 12.1 Å². The van der Waals surface area contributed by atoms with E-state index in [9.17, 15) is 14.9 Å². The second kappa shape index (κ2) is 11.2. The molecule has 0 saturated carbocycles. The first kappa shape index (κ1) is 23.8. The highest BCUT2D eigenvalue weighted by Gasteiger charge is 2.22. The fourth-order valence-corrected chi connectivity index (χ4v) is 3.93. The summed E-state index contributed by atoms with van der Waals surface area (Å²) in [6, 6.07) is 25.8. The van der Waals surface area contributed by atoms with E-state index in [2.05, 4.69) is 10.1 Å². The summed E-state index contributed by atoms with van der Waals surface area (Å²) in [6.07, 6.45) is 1.43. The molecule has 4 rings (SSSR count). The number of rotatable bonds is 10. The zero-order chi connectivity index (χ0) is 24.6. The van der Waals surface area contributed by atoms with Crippen molar-refractivity contribution in [2.24, 2.45) is 0 Å². The van der Waals surface area contributed by atoms with Crippen molar-refractivity contribution in [2.45, 2.75) is 32.2 Å². The largest absolute Gasteiger partial charge is 0.339 e. The standard InChI is InChI=1S/C27H26N4O4/c1-20(22-11-6-3-7-12-22)30(26(32)16-15-21-9-4-2-5-10-21)18-17-25-28-27(29-35-25)23-13-8-14-24(19-23)31(33)34/h2-14,19-20H,15-18H2,1H3/t20-/m1/s1. The van der Waals surface area contributed by atoms with Crippen LogP contribution in [0.15, 0.2) is 89.5 Å². The van der Waals surface area contributed by atoms with Gasteiger partial charge in [0.05, 0.1) is 11.0 Å². The van der Waals surface area contributed by atoms with Gasteiger partial charge >= 0.3 is 0 Å². The van der Waals surface area contributed by atoms with Gasteiger partial charge in [-0.15, -0.1) is 0 Å². The summed E-state index contributed by atoms with van der Waals surface area (Å²) in [5.74, 6) is 0.693. The molecule has 3 aromatic carbocycles. The van der Waals surface area contributed by atoms with E-state index in [0.717, 1.165) is 11.1 Å². The van der Waals surface area contributed by atoms with Crippen LogP contribution < -0.4 is 0 Å². The highest BCUT2D eigenvalue weighted by atomic mass is 16.6. The molecule has 35 heavy (non-hydrogen) atoms. The van der Waals surface area contributed by atoms with E-state index in [1.54, 1.807) is 12.1 Å². The van der Waals surface area contributed by atoms with E-state index < -0.39 is 4.92 Å². The molecule has 0 unspecified atom stereocenters. The maximum Gasteiger partial charge on any atom is 0.270 e. The van der Waals surface area contributed by atoms with E-state index in [1.807, 2.05) is 72.5 Å². The van der Waals surface area contributed by atoms with E-state index in [0.29, 0.717) is 37.3 Å². The molecule has 1 aromatic heterocycles. The van der Waals surface area contributed by atoms with Gasteiger partial charge in [-0.05, 0) is 24.5 Å². The molecule has 0 fully saturated rings. The number of nitrogens with zero attached hydrogens (tertiary/aromatic N) is 4. The Hall–Kier alpha value is -4.33. The Morgan fingerprint density at radius 3 is 2.43 bits per heavy atom. The highest BCUT2D eigenvalue weighted by molar-refractivity contribution is 5.77. The number of aromatic nitrogens is 2. The monoisotopic (exact) mass is 470 g/mol. The molecule has 178 valence electrons. The minimum absolute atomic E-state index is 0.0410. The maximum absolute atomic E-state index is 13.3. The highest BCUT2D eigenvalue weighted by Crippen LogP contribution is 2.24. The van der Waals surface area contributed by atoms with Crippen molar-refractivity contribution in [3.8, 4) is 11.4 Å². The van der Waals surface area contributed by atoms with Gasteiger partial charge in [-0.1, -0.05) is 78.0 Å². The summed E-state index contributed by atoms with van der Waals surface area (Å²) in [5.41, 5.74) is 2.62. The number of benzene rings is 3. The second-order valence-corrected chi connectivity index (χ2v) is 8.23. The van der Waals surface area contributed by atoms with Crippen LogP contribution in [0.2, 0.25) is 0 Å². The van der Waals surface area contributed by atoms with E-state index >= 15 is 0 Å². The summed E-state index contributed by atoms with van der Waals surface area (Å²) in [7, 11) is 0. The molecule has 0 aliphatic heterocycles. The molecule has 0 N–H and O–H groups in total. The summed E-state index contributed by atoms with van der Waals surface area (Å²) in [4.78, 5) is 30.1. The van der Waals surface area contributed by atoms with Crippen LogP contribution in [0, 0.1) is 10.1 Å². The van der Waals surface area contributed by atoms with Gasteiger partial charge in [0.15, 0.2) is 0 Å². The van der Waals surface area contributed by atoms with E-state index in [4.69, 9.17) is 4.52 Å². The van der Waals surface area contributed by atoms with Crippen molar-refractivity contribution in [1.29, 1.82) is 0 Å². The molecule has 0 spiro atoms. The predicted octanol–water partition coefficient (Wildman–Crippen LogP) is 5.41. The summed E-state index contributed by atoms with van der Waals surface area (Å²) >= 11 is 0. The maximum atomic E-state index is 13.3. The number of hydrogen-bond acceptors (Lipinski definition) is 6. The zero-order valence-electron chi connectivity index (χ0n) is 19.4. The molecular weight excluding hydrogens is 444 g/mol. The average Bonchev–Trinajstić information content (AvgIpc) is 3.38. The zero-order valence-corrected chi connectivity index (χ0v) is 19.4. The molecule has 0 radical (unpaired) electrons. The molecule has 0 bridgehead atoms. The summed E-state index contributed by atoms with van der Waals surface area (Å²) in [5, 5.41) is 15.0. The molecule has 0 aliphatic rings.